The Bertz CT molecular complexity index is 212. The van der Waals surface area contributed by atoms with E-state index in [1.807, 2.05) is 6.92 Å². The third-order valence-electron chi connectivity index (χ3n) is 3.04. The maximum absolute atomic E-state index is 11.4. The molecule has 80 valence electrons. The van der Waals surface area contributed by atoms with Crippen LogP contribution < -0.4 is 0 Å². The predicted molar refractivity (Wildman–Crippen MR) is 56.9 cm³/mol. The summed E-state index contributed by atoms with van der Waals surface area (Å²) in [7, 11) is 0. The fourth-order valence-electron chi connectivity index (χ4n) is 2.08. The Morgan fingerprint density at radius 2 is 1.79 bits per heavy atom. The van der Waals surface area contributed by atoms with Crippen molar-refractivity contribution in [2.75, 3.05) is 6.61 Å². The summed E-state index contributed by atoms with van der Waals surface area (Å²) >= 11 is 0. The molecule has 0 N–H and O–H groups in total. The first-order chi connectivity index (χ1) is 6.65. The fraction of sp³-hybridized carbons (Fsp3) is 0.750. The Kier molecular flexibility index (Phi) is 4.18. The summed E-state index contributed by atoms with van der Waals surface area (Å²) in [5.74, 6) is 0.763. The highest BCUT2D eigenvalue weighted by molar-refractivity contribution is 5.72. The molecule has 1 saturated carbocycles. The molecule has 1 rings (SSSR count). The predicted octanol–water partition coefficient (Wildman–Crippen LogP) is 2.93. The maximum Gasteiger partial charge on any atom is 0.308 e. The van der Waals surface area contributed by atoms with Gasteiger partial charge >= 0.3 is 5.97 Å². The summed E-state index contributed by atoms with van der Waals surface area (Å²) in [6.45, 7) is 8.41. The Labute approximate surface area is 86.3 Å². The molecule has 0 saturated heterocycles. The van der Waals surface area contributed by atoms with Gasteiger partial charge in [0, 0.05) is 0 Å². The quantitative estimate of drug-likeness (QED) is 0.512. The van der Waals surface area contributed by atoms with Crippen LogP contribution in [0.1, 0.15) is 39.5 Å². The molecule has 0 heterocycles. The summed E-state index contributed by atoms with van der Waals surface area (Å²) < 4.78 is 5.02. The molecule has 0 spiro atoms. The normalized spacial score (nSPS) is 27.0. The van der Waals surface area contributed by atoms with Crippen LogP contribution >= 0.6 is 0 Å². The highest BCUT2D eigenvalue weighted by atomic mass is 16.5. The lowest BCUT2D eigenvalue weighted by molar-refractivity contribution is -0.149. The van der Waals surface area contributed by atoms with Crippen molar-refractivity contribution < 1.29 is 9.53 Å². The van der Waals surface area contributed by atoms with Crippen molar-refractivity contribution in [2.45, 2.75) is 39.5 Å². The molecule has 0 aromatic heterocycles. The molecule has 2 nitrogen and oxygen atoms in total. The van der Waals surface area contributed by atoms with E-state index in [9.17, 15) is 4.79 Å². The minimum atomic E-state index is -0.00679. The molecule has 0 amide bonds. The van der Waals surface area contributed by atoms with E-state index in [2.05, 4.69) is 13.5 Å². The van der Waals surface area contributed by atoms with Gasteiger partial charge in [0.25, 0.3) is 0 Å². The lowest BCUT2D eigenvalue weighted by Gasteiger charge is -2.27. The van der Waals surface area contributed by atoms with E-state index in [4.69, 9.17) is 4.74 Å². The zero-order chi connectivity index (χ0) is 10.6. The summed E-state index contributed by atoms with van der Waals surface area (Å²) in [5, 5.41) is 0. The average molecular weight is 196 g/mol. The Hall–Kier alpha value is -0.790. The van der Waals surface area contributed by atoms with Crippen molar-refractivity contribution in [3.05, 3.63) is 12.2 Å². The van der Waals surface area contributed by atoms with Crippen LogP contribution in [0.2, 0.25) is 0 Å². The minimum Gasteiger partial charge on any atom is -0.466 e. The maximum atomic E-state index is 11.4. The molecule has 0 unspecified atom stereocenters. The molecular weight excluding hydrogens is 176 g/mol. The molecule has 1 aliphatic carbocycles. The molecule has 0 aromatic carbocycles. The van der Waals surface area contributed by atoms with Crippen molar-refractivity contribution >= 4 is 5.97 Å². The van der Waals surface area contributed by atoms with Crippen LogP contribution in [0.5, 0.6) is 0 Å². The molecule has 0 aliphatic heterocycles. The van der Waals surface area contributed by atoms with Crippen LogP contribution in [0.4, 0.5) is 0 Å². The van der Waals surface area contributed by atoms with Gasteiger partial charge in [-0.05, 0) is 45.4 Å². The van der Waals surface area contributed by atoms with Gasteiger partial charge in [0.05, 0.1) is 12.5 Å². The van der Waals surface area contributed by atoms with Crippen molar-refractivity contribution in [3.63, 3.8) is 0 Å². The molecule has 0 aromatic rings. The third-order valence-corrected chi connectivity index (χ3v) is 3.04. The molecule has 14 heavy (non-hydrogen) atoms. The lowest BCUT2D eigenvalue weighted by Crippen LogP contribution is -2.24. The van der Waals surface area contributed by atoms with E-state index >= 15 is 0 Å². The van der Waals surface area contributed by atoms with Crippen molar-refractivity contribution in [1.82, 2.24) is 0 Å². The van der Waals surface area contributed by atoms with Gasteiger partial charge < -0.3 is 4.74 Å². The molecule has 2 heteroatoms. The molecule has 1 fully saturated rings. The number of carbonyl (C=O) groups excluding carboxylic acids is 1. The van der Waals surface area contributed by atoms with Gasteiger partial charge in [0.15, 0.2) is 0 Å². The van der Waals surface area contributed by atoms with E-state index in [1.54, 1.807) is 0 Å². The van der Waals surface area contributed by atoms with Gasteiger partial charge in [-0.25, -0.2) is 0 Å². The second kappa shape index (κ2) is 5.18. The number of esters is 1. The second-order valence-corrected chi connectivity index (χ2v) is 4.15. The number of hydrogen-bond acceptors (Lipinski definition) is 2. The highest BCUT2D eigenvalue weighted by Crippen LogP contribution is 2.32. The Balaban J connectivity index is 2.35. The second-order valence-electron chi connectivity index (χ2n) is 4.15. The minimum absolute atomic E-state index is 0.00679. The first-order valence-electron chi connectivity index (χ1n) is 5.47. The first-order valence-corrected chi connectivity index (χ1v) is 5.47. The summed E-state index contributed by atoms with van der Waals surface area (Å²) in [6.07, 6.45) is 4.13. The van der Waals surface area contributed by atoms with E-state index in [0.29, 0.717) is 12.5 Å². The largest absolute Gasteiger partial charge is 0.466 e. The van der Waals surface area contributed by atoms with Crippen LogP contribution in [-0.2, 0) is 9.53 Å². The summed E-state index contributed by atoms with van der Waals surface area (Å²) in [6, 6.07) is 0. The van der Waals surface area contributed by atoms with Crippen molar-refractivity contribution in [1.29, 1.82) is 0 Å². The van der Waals surface area contributed by atoms with E-state index in [-0.39, 0.29) is 11.9 Å². The first kappa shape index (κ1) is 11.3. The number of hydrogen-bond donors (Lipinski definition) is 0. The topological polar surface area (TPSA) is 26.3 Å². The number of ether oxygens (including phenoxy) is 1. The zero-order valence-corrected chi connectivity index (χ0v) is 9.21. The fourth-order valence-corrected chi connectivity index (χ4v) is 2.08. The van der Waals surface area contributed by atoms with Gasteiger partial charge in [-0.2, -0.15) is 0 Å². The van der Waals surface area contributed by atoms with Crippen LogP contribution in [0, 0.1) is 11.8 Å². The van der Waals surface area contributed by atoms with Crippen LogP contribution in [0.25, 0.3) is 0 Å². The summed E-state index contributed by atoms with van der Waals surface area (Å²) in [5.41, 5.74) is 1.26. The van der Waals surface area contributed by atoms with Crippen LogP contribution in [0.15, 0.2) is 12.2 Å². The molecule has 0 bridgehead atoms. The molecule has 0 atom stereocenters. The highest BCUT2D eigenvalue weighted by Gasteiger charge is 2.27. The van der Waals surface area contributed by atoms with Crippen LogP contribution in [-0.4, -0.2) is 12.6 Å². The van der Waals surface area contributed by atoms with Gasteiger partial charge in [-0.1, -0.05) is 12.2 Å². The smallest absolute Gasteiger partial charge is 0.308 e. The number of carbonyl (C=O) groups is 1. The van der Waals surface area contributed by atoms with Crippen LogP contribution in [0.3, 0.4) is 0 Å². The van der Waals surface area contributed by atoms with Gasteiger partial charge in [0.2, 0.25) is 0 Å². The summed E-state index contributed by atoms with van der Waals surface area (Å²) in [4.78, 5) is 11.4. The average Bonchev–Trinajstić information content (AvgIpc) is 2.18. The SMILES string of the molecule is C=C(C)C1CCC(C(=O)OCC)CC1. The van der Waals surface area contributed by atoms with Crippen molar-refractivity contribution in [3.8, 4) is 0 Å². The molecule has 1 aliphatic rings. The Morgan fingerprint density at radius 1 is 1.29 bits per heavy atom. The number of allylic oxidation sites excluding steroid dienone is 1. The van der Waals surface area contributed by atoms with E-state index < -0.39 is 0 Å². The monoisotopic (exact) mass is 196 g/mol. The molecular formula is C12H20O2. The number of rotatable bonds is 3. The standard InChI is InChI=1S/C12H20O2/c1-4-14-12(13)11-7-5-10(6-8-11)9(2)3/h10-11H,2,4-8H2,1,3H3. The van der Waals surface area contributed by atoms with Gasteiger partial charge in [0.1, 0.15) is 0 Å². The zero-order valence-electron chi connectivity index (χ0n) is 9.21. The van der Waals surface area contributed by atoms with E-state index in [0.717, 1.165) is 25.7 Å². The Morgan fingerprint density at radius 3 is 2.21 bits per heavy atom. The van der Waals surface area contributed by atoms with E-state index in [1.165, 1.54) is 5.57 Å². The van der Waals surface area contributed by atoms with Gasteiger partial charge in [-0.15, -0.1) is 0 Å². The molecule has 0 radical (unpaired) electrons. The van der Waals surface area contributed by atoms with Gasteiger partial charge in [-0.3, -0.25) is 4.79 Å². The lowest BCUT2D eigenvalue weighted by atomic mass is 9.79. The van der Waals surface area contributed by atoms with Crippen molar-refractivity contribution in [2.24, 2.45) is 11.8 Å². The third kappa shape index (κ3) is 2.86.